The monoisotopic (exact) mass is 481 g/mol. The summed E-state index contributed by atoms with van der Waals surface area (Å²) < 4.78 is 22.7. The molecule has 25 heavy (non-hydrogen) atoms. The number of sulfone groups is 1. The minimum absolute atomic E-state index is 0. The molecule has 0 aliphatic carbocycles. The zero-order valence-electron chi connectivity index (χ0n) is 15.9. The van der Waals surface area contributed by atoms with E-state index in [1.54, 1.807) is 0 Å². The highest BCUT2D eigenvalue weighted by Gasteiger charge is 2.20. The van der Waals surface area contributed by atoms with E-state index in [1.807, 2.05) is 39.0 Å². The van der Waals surface area contributed by atoms with E-state index in [0.29, 0.717) is 13.0 Å². The summed E-state index contributed by atoms with van der Waals surface area (Å²) >= 11 is 0. The maximum atomic E-state index is 11.4. The summed E-state index contributed by atoms with van der Waals surface area (Å²) in [5.41, 5.74) is 1.03. The molecule has 0 aliphatic heterocycles. The van der Waals surface area contributed by atoms with E-state index in [2.05, 4.69) is 34.7 Å². The Labute approximate surface area is 170 Å². The second-order valence-electron chi connectivity index (χ2n) is 7.02. The van der Waals surface area contributed by atoms with E-state index < -0.39 is 9.84 Å². The fourth-order valence-electron chi connectivity index (χ4n) is 2.18. The fraction of sp³-hybridized carbons (Fsp3) is 0.611. The van der Waals surface area contributed by atoms with Gasteiger partial charge in [0.2, 0.25) is 0 Å². The smallest absolute Gasteiger partial charge is 0.191 e. The van der Waals surface area contributed by atoms with E-state index in [0.717, 1.165) is 12.5 Å². The van der Waals surface area contributed by atoms with Gasteiger partial charge in [0.15, 0.2) is 5.96 Å². The topological polar surface area (TPSA) is 70.6 Å². The van der Waals surface area contributed by atoms with Crippen molar-refractivity contribution < 1.29 is 8.42 Å². The summed E-state index contributed by atoms with van der Waals surface area (Å²) in [6.45, 7) is 9.56. The van der Waals surface area contributed by atoms with Crippen molar-refractivity contribution in [3.8, 4) is 0 Å². The van der Waals surface area contributed by atoms with E-state index >= 15 is 0 Å². The SMILES string of the molecule is CCNC(=NCC(C)(C)CCS(C)(=O)=O)NC(C)c1ccccc1.I. The van der Waals surface area contributed by atoms with Crippen LogP contribution in [-0.4, -0.2) is 39.5 Å². The van der Waals surface area contributed by atoms with Crippen LogP contribution in [0.1, 0.15) is 45.7 Å². The second kappa shape index (κ2) is 11.0. The Kier molecular flexibility index (Phi) is 10.6. The molecule has 0 aliphatic rings. The zero-order chi connectivity index (χ0) is 18.2. The Morgan fingerprint density at radius 3 is 2.36 bits per heavy atom. The fourth-order valence-corrected chi connectivity index (χ4v) is 3.11. The average Bonchev–Trinajstić information content (AvgIpc) is 2.51. The third-order valence-electron chi connectivity index (χ3n) is 3.81. The van der Waals surface area contributed by atoms with Crippen LogP contribution in [0.15, 0.2) is 35.3 Å². The Balaban J connectivity index is 0.00000576. The summed E-state index contributed by atoms with van der Waals surface area (Å²) in [5.74, 6) is 0.946. The highest BCUT2D eigenvalue weighted by molar-refractivity contribution is 14.0. The van der Waals surface area contributed by atoms with Gasteiger partial charge in [-0.3, -0.25) is 4.99 Å². The minimum Gasteiger partial charge on any atom is -0.357 e. The molecule has 0 radical (unpaired) electrons. The van der Waals surface area contributed by atoms with Crippen LogP contribution in [0.25, 0.3) is 0 Å². The summed E-state index contributed by atoms with van der Waals surface area (Å²) in [4.78, 5) is 4.65. The molecule has 0 aromatic heterocycles. The molecule has 1 aromatic rings. The van der Waals surface area contributed by atoms with Crippen LogP contribution in [0.3, 0.4) is 0 Å². The van der Waals surface area contributed by atoms with Gasteiger partial charge in [-0.2, -0.15) is 0 Å². The Morgan fingerprint density at radius 2 is 1.84 bits per heavy atom. The molecule has 0 bridgehead atoms. The van der Waals surface area contributed by atoms with Gasteiger partial charge in [-0.1, -0.05) is 44.2 Å². The van der Waals surface area contributed by atoms with Gasteiger partial charge in [-0.05, 0) is 31.2 Å². The van der Waals surface area contributed by atoms with Crippen LogP contribution in [-0.2, 0) is 9.84 Å². The van der Waals surface area contributed by atoms with Crippen molar-refractivity contribution in [3.63, 3.8) is 0 Å². The molecule has 0 heterocycles. The molecule has 0 saturated heterocycles. The molecule has 2 N–H and O–H groups in total. The lowest BCUT2D eigenvalue weighted by Gasteiger charge is -2.24. The van der Waals surface area contributed by atoms with Crippen molar-refractivity contribution in [2.45, 2.75) is 40.2 Å². The summed E-state index contributed by atoms with van der Waals surface area (Å²) in [6, 6.07) is 10.3. The number of nitrogens with zero attached hydrogens (tertiary/aromatic N) is 1. The first-order valence-corrected chi connectivity index (χ1v) is 10.5. The van der Waals surface area contributed by atoms with Crippen LogP contribution in [0.4, 0.5) is 0 Å². The number of nitrogens with one attached hydrogen (secondary N) is 2. The van der Waals surface area contributed by atoms with Gasteiger partial charge in [-0.25, -0.2) is 8.42 Å². The zero-order valence-corrected chi connectivity index (χ0v) is 19.0. The predicted molar refractivity (Wildman–Crippen MR) is 117 cm³/mol. The van der Waals surface area contributed by atoms with Gasteiger partial charge in [-0.15, -0.1) is 24.0 Å². The van der Waals surface area contributed by atoms with Gasteiger partial charge >= 0.3 is 0 Å². The standard InChI is InChI=1S/C18H31N3O2S.HI/c1-6-19-17(21-15(2)16-10-8-7-9-11-16)20-14-18(3,4)12-13-24(5,22)23;/h7-11,15H,6,12-14H2,1-5H3,(H2,19,20,21);1H. The molecular formula is C18H32IN3O2S. The lowest BCUT2D eigenvalue weighted by atomic mass is 9.90. The van der Waals surface area contributed by atoms with Crippen LogP contribution in [0.2, 0.25) is 0 Å². The highest BCUT2D eigenvalue weighted by Crippen LogP contribution is 2.21. The molecule has 0 fully saturated rings. The number of halogens is 1. The molecule has 1 rings (SSSR count). The second-order valence-corrected chi connectivity index (χ2v) is 9.28. The molecular weight excluding hydrogens is 449 g/mol. The summed E-state index contributed by atoms with van der Waals surface area (Å²) in [6.07, 6.45) is 1.88. The normalized spacial score (nSPS) is 13.7. The Hall–Kier alpha value is -0.830. The van der Waals surface area contributed by atoms with E-state index in [4.69, 9.17) is 0 Å². The Morgan fingerprint density at radius 1 is 1.24 bits per heavy atom. The maximum absolute atomic E-state index is 11.4. The van der Waals surface area contributed by atoms with Crippen LogP contribution in [0.5, 0.6) is 0 Å². The van der Waals surface area contributed by atoms with Gasteiger partial charge in [0.1, 0.15) is 9.84 Å². The third-order valence-corrected chi connectivity index (χ3v) is 4.76. The maximum Gasteiger partial charge on any atom is 0.191 e. The van der Waals surface area contributed by atoms with Crippen molar-refractivity contribution in [1.29, 1.82) is 0 Å². The lowest BCUT2D eigenvalue weighted by Crippen LogP contribution is -2.39. The van der Waals surface area contributed by atoms with Gasteiger partial charge in [0, 0.05) is 19.3 Å². The van der Waals surface area contributed by atoms with Gasteiger partial charge in [0.05, 0.1) is 11.8 Å². The molecule has 1 unspecified atom stereocenters. The van der Waals surface area contributed by atoms with Gasteiger partial charge < -0.3 is 10.6 Å². The van der Waals surface area contributed by atoms with Crippen molar-refractivity contribution in [1.82, 2.24) is 10.6 Å². The molecule has 1 aromatic carbocycles. The largest absolute Gasteiger partial charge is 0.357 e. The molecule has 7 heteroatoms. The predicted octanol–water partition coefficient (Wildman–Crippen LogP) is 3.38. The van der Waals surface area contributed by atoms with Crippen LogP contribution in [0, 0.1) is 5.41 Å². The summed E-state index contributed by atoms with van der Waals surface area (Å²) in [7, 11) is -2.94. The lowest BCUT2D eigenvalue weighted by molar-refractivity contribution is 0.365. The molecule has 1 atom stereocenters. The first kappa shape index (κ1) is 24.2. The first-order valence-electron chi connectivity index (χ1n) is 8.40. The van der Waals surface area contributed by atoms with Crippen molar-refractivity contribution in [2.24, 2.45) is 10.4 Å². The average molecular weight is 481 g/mol. The van der Waals surface area contributed by atoms with E-state index in [1.165, 1.54) is 11.8 Å². The number of benzene rings is 1. The number of aliphatic imine (C=N–C) groups is 1. The molecule has 0 amide bonds. The number of hydrogen-bond donors (Lipinski definition) is 2. The van der Waals surface area contributed by atoms with Crippen LogP contribution >= 0.6 is 24.0 Å². The molecule has 5 nitrogen and oxygen atoms in total. The Bertz CT molecular complexity index is 631. The number of hydrogen-bond acceptors (Lipinski definition) is 3. The van der Waals surface area contributed by atoms with Crippen molar-refractivity contribution in [2.75, 3.05) is 25.1 Å². The summed E-state index contributed by atoms with van der Waals surface area (Å²) in [5, 5.41) is 6.65. The molecule has 0 saturated carbocycles. The minimum atomic E-state index is -2.94. The van der Waals surface area contributed by atoms with Crippen molar-refractivity contribution in [3.05, 3.63) is 35.9 Å². The van der Waals surface area contributed by atoms with E-state index in [9.17, 15) is 8.42 Å². The van der Waals surface area contributed by atoms with E-state index in [-0.39, 0.29) is 41.2 Å². The number of guanidine groups is 1. The quantitative estimate of drug-likeness (QED) is 0.339. The molecule has 144 valence electrons. The highest BCUT2D eigenvalue weighted by atomic mass is 127. The van der Waals surface area contributed by atoms with Crippen LogP contribution < -0.4 is 10.6 Å². The first-order chi connectivity index (χ1) is 11.1. The van der Waals surface area contributed by atoms with Gasteiger partial charge in [0.25, 0.3) is 0 Å². The van der Waals surface area contributed by atoms with Crippen molar-refractivity contribution >= 4 is 39.8 Å². The number of rotatable bonds is 8. The third kappa shape index (κ3) is 10.7. The molecule has 0 spiro atoms.